The Bertz CT molecular complexity index is 885. The van der Waals surface area contributed by atoms with Crippen LogP contribution in [0.5, 0.6) is 0 Å². The Kier molecular flexibility index (Phi) is 3.89. The number of aliphatic hydroxyl groups excluding tert-OH is 1. The number of fused-ring (bicyclic) bond motifs is 1. The maximum absolute atomic E-state index is 12.3. The van der Waals surface area contributed by atoms with Crippen LogP contribution < -0.4 is 10.6 Å². The largest absolute Gasteiger partial charge is 0.393 e. The summed E-state index contributed by atoms with van der Waals surface area (Å²) in [6, 6.07) is 15.4. The number of carbonyl (C=O) groups is 1. The van der Waals surface area contributed by atoms with Crippen molar-refractivity contribution in [2.24, 2.45) is 0 Å². The number of carbonyl (C=O) groups excluding carboxylic acids is 1. The number of nitrogens with zero attached hydrogens (tertiary/aromatic N) is 1. The van der Waals surface area contributed by atoms with Crippen LogP contribution in [0, 0.1) is 0 Å². The lowest BCUT2D eigenvalue weighted by Crippen LogP contribution is -2.52. The molecule has 0 radical (unpaired) electrons. The number of nitrogens with one attached hydrogen (secondary N) is 3. The highest BCUT2D eigenvalue weighted by Crippen LogP contribution is 2.43. The van der Waals surface area contributed by atoms with E-state index in [1.54, 1.807) is 6.20 Å². The van der Waals surface area contributed by atoms with Gasteiger partial charge in [0, 0.05) is 23.0 Å². The molecule has 25 heavy (non-hydrogen) atoms. The molecule has 128 valence electrons. The minimum Gasteiger partial charge on any atom is -0.393 e. The van der Waals surface area contributed by atoms with Crippen molar-refractivity contribution in [3.05, 3.63) is 60.3 Å². The van der Waals surface area contributed by atoms with Gasteiger partial charge in [-0.2, -0.15) is 5.10 Å². The van der Waals surface area contributed by atoms with E-state index in [9.17, 15) is 9.90 Å². The van der Waals surface area contributed by atoms with E-state index in [1.165, 1.54) is 0 Å². The van der Waals surface area contributed by atoms with Crippen molar-refractivity contribution in [1.82, 2.24) is 15.5 Å². The third-order valence-corrected chi connectivity index (χ3v) is 4.92. The van der Waals surface area contributed by atoms with Crippen LogP contribution in [0.2, 0.25) is 0 Å². The first kappa shape index (κ1) is 15.7. The SMILES string of the molecule is O=C(NCC1(c2ccccc2)CC(O)C1)Nc1ccc2[nH]ncc2c1. The second-order valence-corrected chi connectivity index (χ2v) is 6.69. The molecular weight excluding hydrogens is 316 g/mol. The van der Waals surface area contributed by atoms with E-state index in [0.29, 0.717) is 25.1 Å². The predicted molar refractivity (Wildman–Crippen MR) is 96.5 cm³/mol. The molecule has 0 bridgehead atoms. The van der Waals surface area contributed by atoms with Crippen LogP contribution in [0.3, 0.4) is 0 Å². The minimum absolute atomic E-state index is 0.188. The molecular formula is C19H20N4O2. The number of hydrogen-bond donors (Lipinski definition) is 4. The number of aromatic amines is 1. The fourth-order valence-electron chi connectivity index (χ4n) is 3.56. The summed E-state index contributed by atoms with van der Waals surface area (Å²) in [5, 5.41) is 23.4. The van der Waals surface area contributed by atoms with Gasteiger partial charge < -0.3 is 15.7 Å². The normalized spacial score (nSPS) is 22.4. The number of aromatic nitrogens is 2. The number of urea groups is 1. The number of hydrogen-bond acceptors (Lipinski definition) is 3. The third kappa shape index (κ3) is 3.08. The van der Waals surface area contributed by atoms with Crippen molar-refractivity contribution < 1.29 is 9.90 Å². The molecule has 1 aromatic heterocycles. The summed E-state index contributed by atoms with van der Waals surface area (Å²) in [6.07, 6.45) is 2.75. The third-order valence-electron chi connectivity index (χ3n) is 4.92. The summed E-state index contributed by atoms with van der Waals surface area (Å²) < 4.78 is 0. The van der Waals surface area contributed by atoms with E-state index >= 15 is 0 Å². The molecule has 2 aromatic carbocycles. The Morgan fingerprint density at radius 2 is 2.04 bits per heavy atom. The van der Waals surface area contributed by atoms with Gasteiger partial charge >= 0.3 is 6.03 Å². The molecule has 1 aliphatic carbocycles. The molecule has 4 N–H and O–H groups in total. The van der Waals surface area contributed by atoms with Crippen LogP contribution in [0.15, 0.2) is 54.7 Å². The maximum atomic E-state index is 12.3. The molecule has 1 heterocycles. The van der Waals surface area contributed by atoms with E-state index in [-0.39, 0.29) is 17.6 Å². The highest BCUT2D eigenvalue weighted by Gasteiger charge is 2.44. The molecule has 3 aromatic rings. The number of rotatable bonds is 4. The summed E-state index contributed by atoms with van der Waals surface area (Å²) in [5.41, 5.74) is 2.61. The molecule has 0 aliphatic heterocycles. The van der Waals surface area contributed by atoms with Crippen LogP contribution in [0.25, 0.3) is 10.9 Å². The van der Waals surface area contributed by atoms with Crippen molar-refractivity contribution in [3.63, 3.8) is 0 Å². The van der Waals surface area contributed by atoms with E-state index in [0.717, 1.165) is 16.5 Å². The molecule has 0 saturated heterocycles. The lowest BCUT2D eigenvalue weighted by molar-refractivity contribution is 0.0193. The summed E-state index contributed by atoms with van der Waals surface area (Å²) in [6.45, 7) is 0.494. The monoisotopic (exact) mass is 336 g/mol. The Morgan fingerprint density at radius 3 is 2.80 bits per heavy atom. The molecule has 0 unspecified atom stereocenters. The number of aliphatic hydroxyl groups is 1. The van der Waals surface area contributed by atoms with Crippen molar-refractivity contribution in [2.75, 3.05) is 11.9 Å². The molecule has 6 nitrogen and oxygen atoms in total. The lowest BCUT2D eigenvalue weighted by atomic mass is 9.62. The van der Waals surface area contributed by atoms with Gasteiger partial charge in [0.25, 0.3) is 0 Å². The lowest BCUT2D eigenvalue weighted by Gasteiger charge is -2.46. The first-order valence-electron chi connectivity index (χ1n) is 8.36. The van der Waals surface area contributed by atoms with Crippen LogP contribution >= 0.6 is 0 Å². The van der Waals surface area contributed by atoms with Gasteiger partial charge in [-0.05, 0) is 36.6 Å². The van der Waals surface area contributed by atoms with Gasteiger partial charge in [-0.15, -0.1) is 0 Å². The summed E-state index contributed by atoms with van der Waals surface area (Å²) >= 11 is 0. The van der Waals surface area contributed by atoms with Crippen LogP contribution in [0.1, 0.15) is 18.4 Å². The summed E-state index contributed by atoms with van der Waals surface area (Å²) in [7, 11) is 0. The zero-order chi connectivity index (χ0) is 17.3. The standard InChI is InChI=1S/C19H20N4O2/c24-16-9-19(10-16,14-4-2-1-3-5-14)12-20-18(25)22-15-6-7-17-13(8-15)11-21-23-17/h1-8,11,16,24H,9-10,12H2,(H,21,23)(H2,20,22,25). The molecule has 1 fully saturated rings. The molecule has 6 heteroatoms. The van der Waals surface area contributed by atoms with Gasteiger partial charge in [0.05, 0.1) is 17.8 Å². The van der Waals surface area contributed by atoms with Crippen LogP contribution in [-0.2, 0) is 5.41 Å². The van der Waals surface area contributed by atoms with Gasteiger partial charge in [-0.3, -0.25) is 5.10 Å². The number of anilines is 1. The van der Waals surface area contributed by atoms with Crippen molar-refractivity contribution in [3.8, 4) is 0 Å². The first-order chi connectivity index (χ1) is 12.1. The zero-order valence-electron chi connectivity index (χ0n) is 13.7. The maximum Gasteiger partial charge on any atom is 0.319 e. The van der Waals surface area contributed by atoms with Crippen molar-refractivity contribution >= 4 is 22.6 Å². The van der Waals surface area contributed by atoms with E-state index in [4.69, 9.17) is 0 Å². The molecule has 0 spiro atoms. The van der Waals surface area contributed by atoms with Gasteiger partial charge in [0.15, 0.2) is 0 Å². The quantitative estimate of drug-likeness (QED) is 0.590. The molecule has 1 aliphatic rings. The Balaban J connectivity index is 1.42. The Labute approximate surface area is 145 Å². The van der Waals surface area contributed by atoms with Gasteiger partial charge in [0.1, 0.15) is 0 Å². The second-order valence-electron chi connectivity index (χ2n) is 6.69. The van der Waals surface area contributed by atoms with Crippen LogP contribution in [0.4, 0.5) is 10.5 Å². The van der Waals surface area contributed by atoms with Gasteiger partial charge in [-0.25, -0.2) is 4.79 Å². The van der Waals surface area contributed by atoms with Crippen LogP contribution in [-0.4, -0.2) is 34.0 Å². The second kappa shape index (κ2) is 6.22. The highest BCUT2D eigenvalue weighted by atomic mass is 16.3. The van der Waals surface area contributed by atoms with Crippen molar-refractivity contribution in [1.29, 1.82) is 0 Å². The predicted octanol–water partition coefficient (Wildman–Crippen LogP) is 2.78. The molecule has 0 atom stereocenters. The summed E-state index contributed by atoms with van der Waals surface area (Å²) in [4.78, 5) is 12.3. The number of amides is 2. The molecule has 4 rings (SSSR count). The van der Waals surface area contributed by atoms with Gasteiger partial charge in [-0.1, -0.05) is 30.3 Å². The molecule has 1 saturated carbocycles. The smallest absolute Gasteiger partial charge is 0.319 e. The number of H-pyrrole nitrogens is 1. The fraction of sp³-hybridized carbons (Fsp3) is 0.263. The zero-order valence-corrected chi connectivity index (χ0v) is 13.7. The van der Waals surface area contributed by atoms with Gasteiger partial charge in [0.2, 0.25) is 0 Å². The first-order valence-corrected chi connectivity index (χ1v) is 8.36. The van der Waals surface area contributed by atoms with E-state index in [1.807, 2.05) is 36.4 Å². The Morgan fingerprint density at radius 1 is 1.24 bits per heavy atom. The van der Waals surface area contributed by atoms with E-state index < -0.39 is 0 Å². The minimum atomic E-state index is -0.298. The average molecular weight is 336 g/mol. The van der Waals surface area contributed by atoms with Crippen molar-refractivity contribution in [2.45, 2.75) is 24.4 Å². The number of benzene rings is 2. The highest BCUT2D eigenvalue weighted by molar-refractivity contribution is 5.92. The fourth-order valence-corrected chi connectivity index (χ4v) is 3.56. The Hall–Kier alpha value is -2.86. The average Bonchev–Trinajstić information content (AvgIpc) is 3.06. The molecule has 2 amide bonds. The topological polar surface area (TPSA) is 90.0 Å². The van der Waals surface area contributed by atoms with E-state index in [2.05, 4.69) is 33.0 Å². The summed E-state index contributed by atoms with van der Waals surface area (Å²) in [5.74, 6) is 0.